The quantitative estimate of drug-likeness (QED) is 0.712. The molecule has 3 rings (SSSR count). The fourth-order valence-corrected chi connectivity index (χ4v) is 3.54. The summed E-state index contributed by atoms with van der Waals surface area (Å²) in [6, 6.07) is 14.1. The van der Waals surface area contributed by atoms with E-state index in [-0.39, 0.29) is 11.9 Å². The number of hydrogen-bond donors (Lipinski definition) is 2. The number of aromatic amines is 1. The number of aryl methyl sites for hydroxylation is 1. The van der Waals surface area contributed by atoms with Crippen molar-refractivity contribution in [2.24, 2.45) is 0 Å². The van der Waals surface area contributed by atoms with Gasteiger partial charge in [0.1, 0.15) is 5.69 Å². The maximum absolute atomic E-state index is 12.4. The van der Waals surface area contributed by atoms with Crippen LogP contribution < -0.4 is 5.32 Å². The van der Waals surface area contributed by atoms with Crippen molar-refractivity contribution in [2.45, 2.75) is 13.0 Å². The Balaban J connectivity index is 1.66. The molecule has 130 valence electrons. The number of rotatable bonds is 6. The number of nitrogens with one attached hydrogen (secondary N) is 2. The van der Waals surface area contributed by atoms with Gasteiger partial charge in [-0.3, -0.25) is 9.89 Å². The molecule has 0 fully saturated rings. The van der Waals surface area contributed by atoms with Crippen molar-refractivity contribution in [3.8, 4) is 11.3 Å². The molecule has 6 heteroatoms. The first-order chi connectivity index (χ1) is 12.0. The molecular weight excluding hydrogens is 332 g/mol. The smallest absolute Gasteiger partial charge is 0.269 e. The normalized spacial score (nSPS) is 12.3. The second-order valence-corrected chi connectivity index (χ2v) is 7.22. The summed E-state index contributed by atoms with van der Waals surface area (Å²) in [7, 11) is 4.03. The molecule has 25 heavy (non-hydrogen) atoms. The molecule has 5 nitrogen and oxygen atoms in total. The van der Waals surface area contributed by atoms with Crippen LogP contribution in [0.1, 0.15) is 27.0 Å². The third-order valence-electron chi connectivity index (χ3n) is 4.12. The molecule has 0 aliphatic heterocycles. The van der Waals surface area contributed by atoms with Gasteiger partial charge < -0.3 is 10.2 Å². The summed E-state index contributed by atoms with van der Waals surface area (Å²) >= 11 is 1.70. The van der Waals surface area contributed by atoms with Crippen LogP contribution in [-0.2, 0) is 0 Å². The lowest BCUT2D eigenvalue weighted by atomic mass is 10.1. The van der Waals surface area contributed by atoms with E-state index >= 15 is 0 Å². The number of carbonyl (C=O) groups is 1. The molecule has 0 saturated carbocycles. The molecule has 3 aromatic rings. The van der Waals surface area contributed by atoms with Gasteiger partial charge >= 0.3 is 0 Å². The average Bonchev–Trinajstić information content (AvgIpc) is 3.27. The first-order valence-corrected chi connectivity index (χ1v) is 9.03. The van der Waals surface area contributed by atoms with Crippen molar-refractivity contribution in [1.29, 1.82) is 0 Å². The highest BCUT2D eigenvalue weighted by Gasteiger charge is 2.18. The summed E-state index contributed by atoms with van der Waals surface area (Å²) in [6.07, 6.45) is 0. The van der Waals surface area contributed by atoms with Crippen LogP contribution in [0.4, 0.5) is 0 Å². The summed E-state index contributed by atoms with van der Waals surface area (Å²) < 4.78 is 0. The predicted molar refractivity (Wildman–Crippen MR) is 102 cm³/mol. The van der Waals surface area contributed by atoms with Crippen molar-refractivity contribution in [3.05, 3.63) is 64.0 Å². The molecule has 0 aliphatic rings. The minimum absolute atomic E-state index is 0.144. The molecule has 0 bridgehead atoms. The van der Waals surface area contributed by atoms with Gasteiger partial charge in [0.05, 0.1) is 11.7 Å². The monoisotopic (exact) mass is 354 g/mol. The van der Waals surface area contributed by atoms with E-state index in [4.69, 9.17) is 0 Å². The van der Waals surface area contributed by atoms with E-state index in [1.54, 1.807) is 17.4 Å². The van der Waals surface area contributed by atoms with E-state index in [1.807, 2.05) is 51.4 Å². The third-order valence-corrected chi connectivity index (χ3v) is 5.09. The molecule has 2 aromatic heterocycles. The Morgan fingerprint density at radius 1 is 1.28 bits per heavy atom. The summed E-state index contributed by atoms with van der Waals surface area (Å²) in [5.41, 5.74) is 3.43. The SMILES string of the molecule is Cc1ccc(-c2cc(C(=O)NCC(c3cccs3)N(C)C)[nH]n2)cc1. The van der Waals surface area contributed by atoms with Crippen molar-refractivity contribution in [1.82, 2.24) is 20.4 Å². The molecule has 1 atom stereocenters. The standard InChI is InChI=1S/C19H22N4OS/c1-13-6-8-14(9-7-13)15-11-16(22-21-15)19(24)20-12-17(23(2)3)18-5-4-10-25-18/h4-11,17H,12H2,1-3H3,(H,20,24)(H,21,22). The summed E-state index contributed by atoms with van der Waals surface area (Å²) in [6.45, 7) is 2.59. The van der Waals surface area contributed by atoms with Crippen molar-refractivity contribution in [3.63, 3.8) is 0 Å². The predicted octanol–water partition coefficient (Wildman–Crippen LogP) is 3.48. The molecular formula is C19H22N4OS. The molecule has 2 heterocycles. The Morgan fingerprint density at radius 2 is 2.04 bits per heavy atom. The second-order valence-electron chi connectivity index (χ2n) is 6.24. The summed E-state index contributed by atoms with van der Waals surface area (Å²) in [4.78, 5) is 15.8. The number of benzene rings is 1. The lowest BCUT2D eigenvalue weighted by Gasteiger charge is -2.23. The molecule has 0 spiro atoms. The second kappa shape index (κ2) is 7.63. The largest absolute Gasteiger partial charge is 0.349 e. The van der Waals surface area contributed by atoms with E-state index in [0.29, 0.717) is 12.2 Å². The number of hydrogen-bond acceptors (Lipinski definition) is 4. The van der Waals surface area contributed by atoms with Gasteiger partial charge in [0.15, 0.2) is 0 Å². The number of likely N-dealkylation sites (N-methyl/N-ethyl adjacent to an activating group) is 1. The van der Waals surface area contributed by atoms with Crippen LogP contribution in [0.2, 0.25) is 0 Å². The van der Waals surface area contributed by atoms with E-state index in [1.165, 1.54) is 10.4 Å². The first kappa shape index (κ1) is 17.4. The Hall–Kier alpha value is -2.44. The molecule has 0 aliphatic carbocycles. The number of nitrogens with zero attached hydrogens (tertiary/aromatic N) is 2. The van der Waals surface area contributed by atoms with Gasteiger partial charge in [0.25, 0.3) is 5.91 Å². The van der Waals surface area contributed by atoms with E-state index in [0.717, 1.165) is 11.3 Å². The molecule has 1 unspecified atom stereocenters. The van der Waals surface area contributed by atoms with Gasteiger partial charge in [-0.25, -0.2) is 0 Å². The molecule has 1 amide bonds. The zero-order valence-electron chi connectivity index (χ0n) is 14.6. The number of H-pyrrole nitrogens is 1. The van der Waals surface area contributed by atoms with Crippen molar-refractivity contribution < 1.29 is 4.79 Å². The van der Waals surface area contributed by atoms with Gasteiger partial charge in [0.2, 0.25) is 0 Å². The fraction of sp³-hybridized carbons (Fsp3) is 0.263. The minimum atomic E-state index is -0.144. The third kappa shape index (κ3) is 4.15. The maximum Gasteiger partial charge on any atom is 0.269 e. The topological polar surface area (TPSA) is 61.0 Å². The van der Waals surface area contributed by atoms with E-state index < -0.39 is 0 Å². The molecule has 2 N–H and O–H groups in total. The van der Waals surface area contributed by atoms with Gasteiger partial charge in [0, 0.05) is 17.0 Å². The Morgan fingerprint density at radius 3 is 2.68 bits per heavy atom. The Kier molecular flexibility index (Phi) is 5.31. The number of carbonyl (C=O) groups excluding carboxylic acids is 1. The highest BCUT2D eigenvalue weighted by Crippen LogP contribution is 2.22. The van der Waals surface area contributed by atoms with Gasteiger partial charge in [-0.05, 0) is 38.5 Å². The zero-order valence-corrected chi connectivity index (χ0v) is 15.4. The molecule has 0 radical (unpaired) electrons. The lowest BCUT2D eigenvalue weighted by Crippen LogP contribution is -2.34. The fourth-order valence-electron chi connectivity index (χ4n) is 2.61. The van der Waals surface area contributed by atoms with Crippen molar-refractivity contribution >= 4 is 17.2 Å². The maximum atomic E-state index is 12.4. The Labute approximate surface area is 151 Å². The van der Waals surface area contributed by atoms with Crippen LogP contribution in [0.5, 0.6) is 0 Å². The summed E-state index contributed by atoms with van der Waals surface area (Å²) in [5, 5.41) is 12.1. The van der Waals surface area contributed by atoms with Gasteiger partial charge in [-0.1, -0.05) is 35.9 Å². The van der Waals surface area contributed by atoms with Gasteiger partial charge in [-0.15, -0.1) is 11.3 Å². The van der Waals surface area contributed by atoms with Crippen LogP contribution in [0.15, 0.2) is 47.8 Å². The van der Waals surface area contributed by atoms with Crippen LogP contribution >= 0.6 is 11.3 Å². The highest BCUT2D eigenvalue weighted by molar-refractivity contribution is 7.10. The van der Waals surface area contributed by atoms with Gasteiger partial charge in [-0.2, -0.15) is 5.10 Å². The highest BCUT2D eigenvalue weighted by atomic mass is 32.1. The zero-order chi connectivity index (χ0) is 17.8. The number of aromatic nitrogens is 2. The molecule has 0 saturated heterocycles. The number of thiophene rings is 1. The van der Waals surface area contributed by atoms with E-state index in [2.05, 4.69) is 31.9 Å². The summed E-state index contributed by atoms with van der Waals surface area (Å²) in [5.74, 6) is -0.144. The van der Waals surface area contributed by atoms with Crippen LogP contribution in [-0.4, -0.2) is 41.6 Å². The number of amides is 1. The average molecular weight is 354 g/mol. The van der Waals surface area contributed by atoms with Crippen LogP contribution in [0.25, 0.3) is 11.3 Å². The first-order valence-electron chi connectivity index (χ1n) is 8.15. The van der Waals surface area contributed by atoms with Crippen LogP contribution in [0, 0.1) is 6.92 Å². The Bertz CT molecular complexity index is 821. The lowest BCUT2D eigenvalue weighted by molar-refractivity contribution is 0.0937. The minimum Gasteiger partial charge on any atom is -0.349 e. The van der Waals surface area contributed by atoms with Crippen LogP contribution in [0.3, 0.4) is 0 Å². The van der Waals surface area contributed by atoms with E-state index in [9.17, 15) is 4.79 Å². The molecule has 1 aromatic carbocycles. The van der Waals surface area contributed by atoms with Crippen molar-refractivity contribution in [2.75, 3.05) is 20.6 Å².